The van der Waals surface area contributed by atoms with Crippen LogP contribution in [0.2, 0.25) is 0 Å². The second-order valence-electron chi connectivity index (χ2n) is 10.0. The van der Waals surface area contributed by atoms with Crippen LogP contribution in [0, 0.1) is 0 Å². The van der Waals surface area contributed by atoms with Crippen LogP contribution >= 0.6 is 0 Å². The number of nitrogens with one attached hydrogen (secondary N) is 1. The van der Waals surface area contributed by atoms with Gasteiger partial charge in [-0.1, -0.05) is 6.42 Å². The minimum absolute atomic E-state index is 0.0269. The summed E-state index contributed by atoms with van der Waals surface area (Å²) in [6.07, 6.45) is 6.27. The van der Waals surface area contributed by atoms with Gasteiger partial charge in [0, 0.05) is 30.3 Å². The zero-order valence-electron chi connectivity index (χ0n) is 19.8. The van der Waals surface area contributed by atoms with Gasteiger partial charge >= 0.3 is 6.09 Å². The second kappa shape index (κ2) is 9.25. The van der Waals surface area contributed by atoms with Crippen molar-refractivity contribution < 1.29 is 28.9 Å². The molecule has 1 aromatic heterocycles. The first kappa shape index (κ1) is 23.4. The van der Waals surface area contributed by atoms with E-state index in [1.165, 1.54) is 11.7 Å². The maximum atomic E-state index is 12.9. The molecule has 0 unspecified atom stereocenters. The highest BCUT2D eigenvalue weighted by atomic mass is 16.6. The molecular formula is C25H34N2O6. The minimum Gasteiger partial charge on any atom is -0.504 e. The van der Waals surface area contributed by atoms with E-state index in [2.05, 4.69) is 5.32 Å². The molecule has 33 heavy (non-hydrogen) atoms. The predicted molar refractivity (Wildman–Crippen MR) is 124 cm³/mol. The highest BCUT2D eigenvalue weighted by molar-refractivity contribution is 5.94. The van der Waals surface area contributed by atoms with Crippen LogP contribution in [0.4, 0.5) is 4.79 Å². The van der Waals surface area contributed by atoms with Crippen LogP contribution in [0.3, 0.4) is 0 Å². The molecule has 1 amide bonds. The van der Waals surface area contributed by atoms with Crippen LogP contribution < -0.4 is 10.1 Å². The third kappa shape index (κ3) is 5.11. The Bertz CT molecular complexity index is 1030. The van der Waals surface area contributed by atoms with Crippen molar-refractivity contribution in [3.05, 3.63) is 23.9 Å². The van der Waals surface area contributed by atoms with Crippen LogP contribution in [0.5, 0.6) is 11.5 Å². The van der Waals surface area contributed by atoms with Crippen LogP contribution in [0.15, 0.2) is 18.3 Å². The summed E-state index contributed by atoms with van der Waals surface area (Å²) in [5.41, 5.74) is 0.915. The molecule has 1 saturated carbocycles. The molecule has 8 heteroatoms. The van der Waals surface area contributed by atoms with E-state index in [0.29, 0.717) is 17.9 Å². The van der Waals surface area contributed by atoms with Gasteiger partial charge in [-0.25, -0.2) is 4.79 Å². The highest BCUT2D eigenvalue weighted by Crippen LogP contribution is 2.41. The molecule has 0 bridgehead atoms. The number of fused-ring (bicyclic) bond motifs is 1. The van der Waals surface area contributed by atoms with Gasteiger partial charge in [-0.15, -0.1) is 0 Å². The van der Waals surface area contributed by atoms with Gasteiger partial charge in [0.2, 0.25) is 5.91 Å². The molecular weight excluding hydrogens is 424 g/mol. The van der Waals surface area contributed by atoms with Crippen LogP contribution in [0.1, 0.15) is 70.8 Å². The number of hydrogen-bond acceptors (Lipinski definition) is 6. The first-order chi connectivity index (χ1) is 15.7. The third-order valence-electron chi connectivity index (χ3n) is 6.41. The van der Waals surface area contributed by atoms with E-state index < -0.39 is 11.7 Å². The lowest BCUT2D eigenvalue weighted by molar-refractivity contribution is -0.131. The van der Waals surface area contributed by atoms with Gasteiger partial charge in [0.25, 0.3) is 0 Å². The molecule has 2 aliphatic rings. The van der Waals surface area contributed by atoms with Crippen molar-refractivity contribution in [1.82, 2.24) is 9.88 Å². The number of carbonyl (C=O) groups is 2. The number of carbonyl (C=O) groups excluding carboxylic acids is 2. The standard InChI is InChI=1S/C25H34N2O6/c1-25(2,3)33-24(30)27-14-18(17-12-22(31-4)20(28)13-19(17)27)15-7-5-8-16(11-15)26-23(29)21-9-6-10-32-21/h12-16,21,28H,5-11H2,1-4H3,(H,26,29)/t15-,16+,21-/m0/s1. The topological polar surface area (TPSA) is 99.0 Å². The van der Waals surface area contributed by atoms with Gasteiger partial charge in [-0.05, 0) is 70.4 Å². The van der Waals surface area contributed by atoms with E-state index in [0.717, 1.165) is 49.5 Å². The summed E-state index contributed by atoms with van der Waals surface area (Å²) >= 11 is 0. The van der Waals surface area contributed by atoms with Gasteiger partial charge in [0.15, 0.2) is 11.5 Å². The number of hydrogen-bond donors (Lipinski definition) is 2. The Morgan fingerprint density at radius 3 is 2.64 bits per heavy atom. The number of phenolic OH excluding ortho intramolecular Hbond substituents is 1. The van der Waals surface area contributed by atoms with E-state index in [1.807, 2.05) is 27.0 Å². The van der Waals surface area contributed by atoms with E-state index in [4.69, 9.17) is 14.2 Å². The Balaban J connectivity index is 1.64. The Labute approximate surface area is 194 Å². The van der Waals surface area contributed by atoms with Crippen molar-refractivity contribution >= 4 is 22.9 Å². The molecule has 0 radical (unpaired) electrons. The molecule has 2 aromatic rings. The van der Waals surface area contributed by atoms with Crippen molar-refractivity contribution in [3.63, 3.8) is 0 Å². The molecule has 1 aliphatic carbocycles. The summed E-state index contributed by atoms with van der Waals surface area (Å²) < 4.78 is 17.9. The lowest BCUT2D eigenvalue weighted by Crippen LogP contribution is -2.43. The smallest absolute Gasteiger partial charge is 0.419 e. The molecule has 0 spiro atoms. The Morgan fingerprint density at radius 2 is 1.97 bits per heavy atom. The fourth-order valence-electron chi connectivity index (χ4n) is 4.90. The number of amides is 1. The van der Waals surface area contributed by atoms with Gasteiger partial charge in [-0.3, -0.25) is 9.36 Å². The van der Waals surface area contributed by atoms with Crippen LogP contribution in [-0.2, 0) is 14.3 Å². The summed E-state index contributed by atoms with van der Waals surface area (Å²) in [6.45, 7) is 6.10. The number of rotatable bonds is 4. The summed E-state index contributed by atoms with van der Waals surface area (Å²) in [7, 11) is 1.50. The summed E-state index contributed by atoms with van der Waals surface area (Å²) in [6, 6.07) is 3.37. The summed E-state index contributed by atoms with van der Waals surface area (Å²) in [5.74, 6) is 0.435. The molecule has 1 aromatic carbocycles. The molecule has 4 rings (SSSR count). The number of methoxy groups -OCH3 is 1. The SMILES string of the molecule is COc1cc2c([C@H]3CCC[C@@H](NC(=O)[C@@H]4CCCO4)C3)cn(C(=O)OC(C)(C)C)c2cc1O. The molecule has 2 heterocycles. The molecule has 3 atom stereocenters. The van der Waals surface area contributed by atoms with E-state index >= 15 is 0 Å². The zero-order chi connectivity index (χ0) is 23.8. The Hall–Kier alpha value is -2.74. The Kier molecular flexibility index (Phi) is 6.56. The molecule has 180 valence electrons. The first-order valence-corrected chi connectivity index (χ1v) is 11.7. The lowest BCUT2D eigenvalue weighted by Gasteiger charge is -2.30. The molecule has 1 aliphatic heterocycles. The third-order valence-corrected chi connectivity index (χ3v) is 6.41. The number of nitrogens with zero attached hydrogens (tertiary/aromatic N) is 1. The van der Waals surface area contributed by atoms with E-state index in [1.54, 1.807) is 12.1 Å². The maximum Gasteiger partial charge on any atom is 0.419 e. The van der Waals surface area contributed by atoms with Crippen LogP contribution in [0.25, 0.3) is 10.9 Å². The predicted octanol–water partition coefficient (Wildman–Crippen LogP) is 4.46. The molecule has 2 N–H and O–H groups in total. The van der Waals surface area contributed by atoms with E-state index in [9.17, 15) is 14.7 Å². The fourth-order valence-corrected chi connectivity index (χ4v) is 4.90. The molecule has 1 saturated heterocycles. The van der Waals surface area contributed by atoms with Crippen molar-refractivity contribution in [2.75, 3.05) is 13.7 Å². The van der Waals surface area contributed by atoms with Crippen LogP contribution in [-0.4, -0.2) is 53.1 Å². The monoisotopic (exact) mass is 458 g/mol. The Morgan fingerprint density at radius 1 is 1.18 bits per heavy atom. The fraction of sp³-hybridized carbons (Fsp3) is 0.600. The first-order valence-electron chi connectivity index (χ1n) is 11.7. The van der Waals surface area contributed by atoms with Crippen molar-refractivity contribution in [3.8, 4) is 11.5 Å². The molecule has 2 fully saturated rings. The highest BCUT2D eigenvalue weighted by Gasteiger charge is 2.31. The van der Waals surface area contributed by atoms with Crippen molar-refractivity contribution in [1.29, 1.82) is 0 Å². The number of ether oxygens (including phenoxy) is 3. The zero-order valence-corrected chi connectivity index (χ0v) is 19.8. The van der Waals surface area contributed by atoms with Crippen molar-refractivity contribution in [2.24, 2.45) is 0 Å². The average molecular weight is 459 g/mol. The lowest BCUT2D eigenvalue weighted by atomic mass is 9.81. The quantitative estimate of drug-likeness (QED) is 0.702. The largest absolute Gasteiger partial charge is 0.504 e. The van der Waals surface area contributed by atoms with Gasteiger partial charge in [-0.2, -0.15) is 0 Å². The normalized spacial score (nSPS) is 23.5. The maximum absolute atomic E-state index is 12.9. The van der Waals surface area contributed by atoms with E-state index in [-0.39, 0.29) is 29.7 Å². The number of aromatic hydroxyl groups is 1. The number of benzene rings is 1. The van der Waals surface area contributed by atoms with Gasteiger partial charge in [0.05, 0.1) is 12.6 Å². The summed E-state index contributed by atoms with van der Waals surface area (Å²) in [5, 5.41) is 14.4. The minimum atomic E-state index is -0.648. The second-order valence-corrected chi connectivity index (χ2v) is 10.0. The summed E-state index contributed by atoms with van der Waals surface area (Å²) in [4.78, 5) is 25.5. The van der Waals surface area contributed by atoms with Gasteiger partial charge < -0.3 is 24.6 Å². The molecule has 8 nitrogen and oxygen atoms in total. The number of phenols is 1. The van der Waals surface area contributed by atoms with Gasteiger partial charge in [0.1, 0.15) is 11.7 Å². The number of aromatic nitrogens is 1. The average Bonchev–Trinajstić information content (AvgIpc) is 3.40. The van der Waals surface area contributed by atoms with Crippen molar-refractivity contribution in [2.45, 2.75) is 83.0 Å².